The van der Waals surface area contributed by atoms with E-state index in [4.69, 9.17) is 15.0 Å². The number of fused-ring (bicyclic) bond motifs is 3. The second-order valence-electron chi connectivity index (χ2n) is 14.1. The summed E-state index contributed by atoms with van der Waals surface area (Å²) in [6.07, 6.45) is 3.83. The van der Waals surface area contributed by atoms with Gasteiger partial charge in [0.1, 0.15) is 17.4 Å². The van der Waals surface area contributed by atoms with Crippen molar-refractivity contribution in [3.8, 4) is 28.2 Å². The number of aliphatic carboxylic acids is 1. The van der Waals surface area contributed by atoms with Gasteiger partial charge >= 0.3 is 5.97 Å². The number of nitrogens with two attached hydrogens (primary N) is 1. The normalized spacial score (nSPS) is 18.3. The van der Waals surface area contributed by atoms with Crippen LogP contribution in [0.4, 0.5) is 14.5 Å². The fourth-order valence-electron chi connectivity index (χ4n) is 7.54. The second-order valence-corrected chi connectivity index (χ2v) is 14.1. The van der Waals surface area contributed by atoms with Gasteiger partial charge in [0, 0.05) is 61.4 Å². The Bertz CT molecular complexity index is 2150. The van der Waals surface area contributed by atoms with Gasteiger partial charge in [-0.15, -0.1) is 0 Å². The number of nitrogen functional groups attached to an aromatic ring is 1. The lowest BCUT2D eigenvalue weighted by Crippen LogP contribution is -2.53. The lowest BCUT2D eigenvalue weighted by atomic mass is 9.88. The highest BCUT2D eigenvalue weighted by molar-refractivity contribution is 5.93. The number of para-hydroxylation sites is 1. The Morgan fingerprint density at radius 2 is 1.74 bits per heavy atom. The van der Waals surface area contributed by atoms with E-state index in [0.717, 1.165) is 37.0 Å². The molecule has 1 saturated heterocycles. The average Bonchev–Trinajstić information content (AvgIpc) is 3.68. The maximum Gasteiger partial charge on any atom is 0.309 e. The molecule has 0 spiro atoms. The van der Waals surface area contributed by atoms with Gasteiger partial charge in [0.15, 0.2) is 11.5 Å². The van der Waals surface area contributed by atoms with Crippen LogP contribution in [0.2, 0.25) is 0 Å². The average molecular weight is 721 g/mol. The molecule has 2 aliphatic carbocycles. The summed E-state index contributed by atoms with van der Waals surface area (Å²) >= 11 is 0. The molecule has 274 valence electrons. The molecule has 3 atom stereocenters. The zero-order valence-corrected chi connectivity index (χ0v) is 29.6. The number of carboxylic acid groups (broad SMARTS) is 1. The van der Waals surface area contributed by atoms with E-state index < -0.39 is 35.5 Å². The van der Waals surface area contributed by atoms with Gasteiger partial charge in [-0.3, -0.25) is 9.59 Å². The van der Waals surface area contributed by atoms with Gasteiger partial charge in [-0.1, -0.05) is 66.7 Å². The van der Waals surface area contributed by atoms with E-state index >= 15 is 0 Å². The SMILES string of the molecule is COc1ccccc1[C@H](C)c1ccc2c(c1N)Cc1ccccc1-2.O=C(N[C@H]1CCN(CC2CC2)C[C@@H]1C(=O)O)c1cc(-c2ccc(F)cc2F)on1. The Hall–Kier alpha value is -5.55. The number of hydrogen-bond donors (Lipinski definition) is 3. The molecule has 0 unspecified atom stereocenters. The number of rotatable bonds is 9. The van der Waals surface area contributed by atoms with Crippen molar-refractivity contribution in [2.75, 3.05) is 32.5 Å². The molecule has 4 aromatic carbocycles. The quantitative estimate of drug-likeness (QED) is 0.131. The maximum absolute atomic E-state index is 13.9. The third kappa shape index (κ3) is 7.66. The molecular weight excluding hydrogens is 678 g/mol. The molecule has 1 saturated carbocycles. The van der Waals surface area contributed by atoms with E-state index in [0.29, 0.717) is 24.9 Å². The molecular formula is C42H42F2N4O5. The van der Waals surface area contributed by atoms with E-state index in [2.05, 4.69) is 64.8 Å². The molecule has 0 bridgehead atoms. The third-order valence-corrected chi connectivity index (χ3v) is 10.6. The zero-order valence-electron chi connectivity index (χ0n) is 29.6. The van der Waals surface area contributed by atoms with Crippen molar-refractivity contribution in [3.05, 3.63) is 125 Å². The van der Waals surface area contributed by atoms with Gasteiger partial charge in [-0.2, -0.15) is 0 Å². The van der Waals surface area contributed by atoms with Gasteiger partial charge in [-0.05, 0) is 71.2 Å². The van der Waals surface area contributed by atoms with Crippen LogP contribution >= 0.6 is 0 Å². The number of nitrogens with zero attached hydrogens (tertiary/aromatic N) is 2. The number of aromatic nitrogens is 1. The summed E-state index contributed by atoms with van der Waals surface area (Å²) in [5.74, 6) is -2.06. The van der Waals surface area contributed by atoms with Gasteiger partial charge in [0.2, 0.25) is 0 Å². The number of methoxy groups -OCH3 is 1. The molecule has 2 heterocycles. The third-order valence-electron chi connectivity index (χ3n) is 10.6. The molecule has 1 aromatic heterocycles. The molecule has 4 N–H and O–H groups in total. The Kier molecular flexibility index (Phi) is 10.3. The molecule has 1 aliphatic heterocycles. The molecule has 1 amide bonds. The fourth-order valence-corrected chi connectivity index (χ4v) is 7.54. The van der Waals surface area contributed by atoms with Crippen molar-refractivity contribution >= 4 is 17.6 Å². The summed E-state index contributed by atoms with van der Waals surface area (Å²) in [5, 5.41) is 16.0. The van der Waals surface area contributed by atoms with E-state index in [-0.39, 0.29) is 22.9 Å². The van der Waals surface area contributed by atoms with E-state index in [1.54, 1.807) is 7.11 Å². The van der Waals surface area contributed by atoms with Gasteiger partial charge in [0.05, 0.1) is 18.6 Å². The molecule has 0 radical (unpaired) electrons. The number of carbonyl (C=O) groups excluding carboxylic acids is 1. The number of nitrogens with one attached hydrogen (secondary N) is 1. The van der Waals surface area contributed by atoms with Crippen LogP contribution in [0.25, 0.3) is 22.5 Å². The van der Waals surface area contributed by atoms with Crippen molar-refractivity contribution in [1.29, 1.82) is 0 Å². The van der Waals surface area contributed by atoms with Crippen LogP contribution < -0.4 is 15.8 Å². The molecule has 3 aliphatic rings. The number of amides is 1. The Labute approximate surface area is 306 Å². The van der Waals surface area contributed by atoms with Crippen molar-refractivity contribution in [2.24, 2.45) is 11.8 Å². The first kappa shape index (κ1) is 35.8. The number of likely N-dealkylation sites (tertiary alicyclic amines) is 1. The van der Waals surface area contributed by atoms with E-state index in [9.17, 15) is 23.5 Å². The first-order chi connectivity index (χ1) is 25.6. The number of anilines is 1. The number of piperidine rings is 1. The molecule has 8 rings (SSSR count). The highest BCUT2D eigenvalue weighted by Gasteiger charge is 2.37. The minimum absolute atomic E-state index is 0.0123. The summed E-state index contributed by atoms with van der Waals surface area (Å²) in [4.78, 5) is 26.4. The minimum atomic E-state index is -0.954. The molecule has 5 aromatic rings. The summed E-state index contributed by atoms with van der Waals surface area (Å²) in [6.45, 7) is 4.20. The van der Waals surface area contributed by atoms with Crippen molar-refractivity contribution < 1.29 is 32.7 Å². The monoisotopic (exact) mass is 720 g/mol. The minimum Gasteiger partial charge on any atom is -0.496 e. The molecule has 53 heavy (non-hydrogen) atoms. The van der Waals surface area contributed by atoms with Crippen LogP contribution in [0.15, 0.2) is 89.5 Å². The molecule has 2 fully saturated rings. The highest BCUT2D eigenvalue weighted by atomic mass is 19.1. The fraction of sp³-hybridized carbons (Fsp3) is 0.310. The Morgan fingerprint density at radius 3 is 2.49 bits per heavy atom. The van der Waals surface area contributed by atoms with Crippen molar-refractivity contribution in [1.82, 2.24) is 15.4 Å². The number of benzene rings is 4. The number of carboxylic acids is 1. The highest BCUT2D eigenvalue weighted by Crippen LogP contribution is 2.44. The standard InChI is InChI=1S/C22H21NO.C20H21F2N3O4/c1-14(16-8-5-6-10-21(16)24-2)17-11-12-19-18-9-4-3-7-15(18)13-20(19)22(17)23;21-12-3-4-13(15(22)7-12)18-8-17(24-29-18)19(26)23-16-5-6-25(9-11-1-2-11)10-14(16)20(27)28/h3-12,14H,13,23H2,1-2H3;3-4,7-8,11,14,16H,1-2,5-6,9-10H2,(H,23,26)(H,27,28)/t14-;14-,16-/m00/s1. The molecule has 9 nitrogen and oxygen atoms in total. The van der Waals surface area contributed by atoms with Crippen molar-refractivity contribution in [3.63, 3.8) is 0 Å². The number of ether oxygens (including phenoxy) is 1. The van der Waals surface area contributed by atoms with E-state index in [1.165, 1.54) is 58.4 Å². The lowest BCUT2D eigenvalue weighted by Gasteiger charge is -2.36. The van der Waals surface area contributed by atoms with Crippen LogP contribution in [-0.2, 0) is 11.2 Å². The summed E-state index contributed by atoms with van der Waals surface area (Å²) < 4.78 is 37.5. The summed E-state index contributed by atoms with van der Waals surface area (Å²) in [5.41, 5.74) is 15.0. The van der Waals surface area contributed by atoms with Crippen LogP contribution in [0.3, 0.4) is 0 Å². The van der Waals surface area contributed by atoms with E-state index in [1.807, 2.05) is 18.2 Å². The number of carbonyl (C=O) groups is 2. The lowest BCUT2D eigenvalue weighted by molar-refractivity contribution is -0.144. The van der Waals surface area contributed by atoms with Crippen LogP contribution in [0.1, 0.15) is 64.8 Å². The Morgan fingerprint density at radius 1 is 0.981 bits per heavy atom. The zero-order chi connectivity index (χ0) is 37.2. The second kappa shape index (κ2) is 15.2. The van der Waals surface area contributed by atoms with Gasteiger partial charge in [-0.25, -0.2) is 8.78 Å². The van der Waals surface area contributed by atoms with Crippen LogP contribution in [0.5, 0.6) is 5.75 Å². The smallest absolute Gasteiger partial charge is 0.309 e. The predicted molar refractivity (Wildman–Crippen MR) is 198 cm³/mol. The van der Waals surface area contributed by atoms with Crippen molar-refractivity contribution in [2.45, 2.75) is 44.6 Å². The number of hydrogen-bond acceptors (Lipinski definition) is 7. The topological polar surface area (TPSA) is 131 Å². The molecule has 11 heteroatoms. The first-order valence-electron chi connectivity index (χ1n) is 17.9. The van der Waals surface area contributed by atoms with Gasteiger partial charge in [0.25, 0.3) is 5.91 Å². The predicted octanol–water partition coefficient (Wildman–Crippen LogP) is 7.54. The first-order valence-corrected chi connectivity index (χ1v) is 17.9. The Balaban J connectivity index is 0.000000167. The summed E-state index contributed by atoms with van der Waals surface area (Å²) in [6, 6.07) is 24.8. The largest absolute Gasteiger partial charge is 0.496 e. The van der Waals surface area contributed by atoms with Gasteiger partial charge < -0.3 is 30.3 Å². The summed E-state index contributed by atoms with van der Waals surface area (Å²) in [7, 11) is 1.72. The number of halogens is 2. The van der Waals surface area contributed by atoms with Crippen LogP contribution in [0, 0.1) is 23.5 Å². The van der Waals surface area contributed by atoms with Crippen LogP contribution in [-0.4, -0.2) is 59.8 Å². The maximum atomic E-state index is 13.9.